The van der Waals surface area contributed by atoms with Crippen molar-refractivity contribution in [2.75, 3.05) is 24.6 Å². The van der Waals surface area contributed by atoms with E-state index >= 15 is 0 Å². The summed E-state index contributed by atoms with van der Waals surface area (Å²) < 4.78 is 26.2. The molecule has 1 saturated heterocycles. The lowest BCUT2D eigenvalue weighted by molar-refractivity contribution is 0.278. The highest BCUT2D eigenvalue weighted by atomic mass is 35.5. The van der Waals surface area contributed by atoms with E-state index in [1.54, 1.807) is 24.5 Å². The molecule has 2 saturated carbocycles. The van der Waals surface area contributed by atoms with Gasteiger partial charge < -0.3 is 14.1 Å². The second kappa shape index (κ2) is 9.13. The number of ether oxygens (including phenoxy) is 1. The highest BCUT2D eigenvalue weighted by molar-refractivity contribution is 6.30. The maximum Gasteiger partial charge on any atom is 0.250 e. The van der Waals surface area contributed by atoms with Gasteiger partial charge in [-0.2, -0.15) is 0 Å². The van der Waals surface area contributed by atoms with Gasteiger partial charge in [-0.05, 0) is 68.4 Å². The summed E-state index contributed by atoms with van der Waals surface area (Å²) in [6, 6.07) is 4.87. The molecule has 2 aromatic heterocycles. The Labute approximate surface area is 202 Å². The van der Waals surface area contributed by atoms with E-state index in [0.29, 0.717) is 46.6 Å². The molecule has 0 radical (unpaired) electrons. The van der Waals surface area contributed by atoms with Gasteiger partial charge in [0.2, 0.25) is 11.8 Å². The number of benzene rings is 1. The van der Waals surface area contributed by atoms with Crippen LogP contribution in [0.15, 0.2) is 35.0 Å². The maximum atomic E-state index is 14.6. The van der Waals surface area contributed by atoms with Crippen LogP contribution in [-0.4, -0.2) is 39.9 Å². The summed E-state index contributed by atoms with van der Waals surface area (Å²) in [5.74, 6) is 4.09. The third-order valence-corrected chi connectivity index (χ3v) is 7.41. The normalized spacial score (nSPS) is 22.7. The standard InChI is InChI=1S/C25H27ClFN5O2/c26-19-12-28-25(29-13-19)32-7-5-15(6-8-32)9-17-10-18(17)14-33-20-3-4-21(22(27)11-20)24-31-30-23(34-24)16-1-2-16/h3-4,11-13,15-18H,1-2,5-10,14H2. The summed E-state index contributed by atoms with van der Waals surface area (Å²) in [5, 5.41) is 8.60. The average Bonchev–Trinajstić information content (AvgIpc) is 3.78. The number of halogens is 2. The smallest absolute Gasteiger partial charge is 0.250 e. The second-order valence-corrected chi connectivity index (χ2v) is 10.2. The first kappa shape index (κ1) is 21.8. The van der Waals surface area contributed by atoms with E-state index in [9.17, 15) is 4.39 Å². The Balaban J connectivity index is 0.953. The van der Waals surface area contributed by atoms with Gasteiger partial charge in [-0.1, -0.05) is 11.6 Å². The van der Waals surface area contributed by atoms with Crippen LogP contribution in [0.2, 0.25) is 5.02 Å². The van der Waals surface area contributed by atoms with Gasteiger partial charge in [0.15, 0.2) is 0 Å². The van der Waals surface area contributed by atoms with Gasteiger partial charge >= 0.3 is 0 Å². The zero-order chi connectivity index (χ0) is 23.1. The SMILES string of the molecule is Fc1cc(OCC2CC2CC2CCN(c3ncc(Cl)cn3)CC2)ccc1-c1nnc(C2CC2)o1. The monoisotopic (exact) mass is 483 g/mol. The zero-order valence-corrected chi connectivity index (χ0v) is 19.6. The van der Waals surface area contributed by atoms with Crippen LogP contribution in [0.25, 0.3) is 11.5 Å². The molecule has 3 aromatic rings. The lowest BCUT2D eigenvalue weighted by Gasteiger charge is -2.32. The molecule has 0 spiro atoms. The fourth-order valence-electron chi connectivity index (χ4n) is 4.87. The predicted molar refractivity (Wildman–Crippen MR) is 125 cm³/mol. The minimum absolute atomic E-state index is 0.238. The third kappa shape index (κ3) is 4.87. The van der Waals surface area contributed by atoms with Crippen molar-refractivity contribution in [1.82, 2.24) is 20.2 Å². The molecule has 1 aromatic carbocycles. The Morgan fingerprint density at radius 1 is 1.06 bits per heavy atom. The van der Waals surface area contributed by atoms with Crippen LogP contribution in [0.1, 0.15) is 50.3 Å². The highest BCUT2D eigenvalue weighted by Crippen LogP contribution is 2.45. The molecule has 2 unspecified atom stereocenters. The van der Waals surface area contributed by atoms with Gasteiger partial charge in [-0.25, -0.2) is 14.4 Å². The number of nitrogens with zero attached hydrogens (tertiary/aromatic N) is 5. The molecule has 0 amide bonds. The quantitative estimate of drug-likeness (QED) is 0.417. The number of piperidine rings is 1. The van der Waals surface area contributed by atoms with Crippen LogP contribution >= 0.6 is 11.6 Å². The van der Waals surface area contributed by atoms with E-state index in [0.717, 1.165) is 50.6 Å². The van der Waals surface area contributed by atoms with Gasteiger partial charge in [0, 0.05) is 25.1 Å². The first-order valence-electron chi connectivity index (χ1n) is 12.1. The first-order valence-corrected chi connectivity index (χ1v) is 12.5. The van der Waals surface area contributed by atoms with Crippen molar-refractivity contribution < 1.29 is 13.5 Å². The van der Waals surface area contributed by atoms with Crippen molar-refractivity contribution in [3.8, 4) is 17.2 Å². The molecule has 0 bridgehead atoms. The number of aromatic nitrogens is 4. The molecule has 7 nitrogen and oxygen atoms in total. The van der Waals surface area contributed by atoms with E-state index in [1.165, 1.54) is 18.9 Å². The molecular weight excluding hydrogens is 457 g/mol. The molecule has 2 atom stereocenters. The van der Waals surface area contributed by atoms with Crippen molar-refractivity contribution in [1.29, 1.82) is 0 Å². The Morgan fingerprint density at radius 2 is 1.85 bits per heavy atom. The maximum absolute atomic E-state index is 14.6. The minimum atomic E-state index is -0.396. The van der Waals surface area contributed by atoms with Crippen molar-refractivity contribution in [3.63, 3.8) is 0 Å². The number of rotatable bonds is 8. The Morgan fingerprint density at radius 3 is 2.59 bits per heavy atom. The fraction of sp³-hybridized carbons (Fsp3) is 0.520. The summed E-state index contributed by atoms with van der Waals surface area (Å²) >= 11 is 5.89. The van der Waals surface area contributed by atoms with E-state index in [2.05, 4.69) is 25.1 Å². The van der Waals surface area contributed by atoms with Gasteiger partial charge in [-0.15, -0.1) is 10.2 Å². The van der Waals surface area contributed by atoms with E-state index in [-0.39, 0.29) is 5.89 Å². The summed E-state index contributed by atoms with van der Waals surface area (Å²) in [6.45, 7) is 2.59. The van der Waals surface area contributed by atoms with Crippen LogP contribution < -0.4 is 9.64 Å². The molecule has 3 heterocycles. The van der Waals surface area contributed by atoms with Crippen LogP contribution in [-0.2, 0) is 0 Å². The van der Waals surface area contributed by atoms with Crippen LogP contribution in [0.4, 0.5) is 10.3 Å². The topological polar surface area (TPSA) is 77.2 Å². The molecule has 3 aliphatic rings. The lowest BCUT2D eigenvalue weighted by Crippen LogP contribution is -2.35. The van der Waals surface area contributed by atoms with E-state index < -0.39 is 5.82 Å². The van der Waals surface area contributed by atoms with Crippen LogP contribution in [0.3, 0.4) is 0 Å². The van der Waals surface area contributed by atoms with Gasteiger partial charge in [0.05, 0.1) is 29.6 Å². The molecule has 0 N–H and O–H groups in total. The summed E-state index contributed by atoms with van der Waals surface area (Å²) in [4.78, 5) is 10.9. The molecule has 6 rings (SSSR count). The third-order valence-electron chi connectivity index (χ3n) is 7.21. The van der Waals surface area contributed by atoms with E-state index in [4.69, 9.17) is 20.8 Å². The number of anilines is 1. The Kier molecular flexibility index (Phi) is 5.85. The molecule has 34 heavy (non-hydrogen) atoms. The van der Waals surface area contributed by atoms with Crippen molar-refractivity contribution in [2.24, 2.45) is 17.8 Å². The van der Waals surface area contributed by atoms with Crippen LogP contribution in [0, 0.1) is 23.6 Å². The molecule has 9 heteroatoms. The largest absolute Gasteiger partial charge is 0.493 e. The second-order valence-electron chi connectivity index (χ2n) is 9.80. The van der Waals surface area contributed by atoms with Crippen molar-refractivity contribution >= 4 is 17.5 Å². The number of hydrogen-bond donors (Lipinski definition) is 0. The highest BCUT2D eigenvalue weighted by Gasteiger charge is 2.39. The molecule has 3 fully saturated rings. The number of hydrogen-bond acceptors (Lipinski definition) is 7. The molecular formula is C25H27ClFN5O2. The Hall–Kier alpha value is -2.74. The van der Waals surface area contributed by atoms with Gasteiger partial charge in [0.25, 0.3) is 5.89 Å². The first-order chi connectivity index (χ1) is 16.6. The van der Waals surface area contributed by atoms with E-state index in [1.807, 2.05) is 0 Å². The summed E-state index contributed by atoms with van der Waals surface area (Å²) in [7, 11) is 0. The zero-order valence-electron chi connectivity index (χ0n) is 18.9. The lowest BCUT2D eigenvalue weighted by atomic mass is 9.91. The fourth-order valence-corrected chi connectivity index (χ4v) is 4.97. The molecule has 178 valence electrons. The van der Waals surface area contributed by atoms with Crippen molar-refractivity contribution in [3.05, 3.63) is 47.3 Å². The van der Waals surface area contributed by atoms with Crippen molar-refractivity contribution in [2.45, 2.75) is 44.4 Å². The Bertz CT molecular complexity index is 1140. The molecule has 1 aliphatic heterocycles. The average molecular weight is 484 g/mol. The van der Waals surface area contributed by atoms with Gasteiger partial charge in [-0.3, -0.25) is 0 Å². The predicted octanol–water partition coefficient (Wildman–Crippen LogP) is 5.52. The minimum Gasteiger partial charge on any atom is -0.493 e. The molecule has 2 aliphatic carbocycles. The summed E-state index contributed by atoms with van der Waals surface area (Å²) in [5.41, 5.74) is 0.325. The summed E-state index contributed by atoms with van der Waals surface area (Å²) in [6.07, 6.45) is 10.2. The van der Waals surface area contributed by atoms with Gasteiger partial charge in [0.1, 0.15) is 11.6 Å². The van der Waals surface area contributed by atoms with Crippen LogP contribution in [0.5, 0.6) is 5.75 Å².